The van der Waals surface area contributed by atoms with Crippen LogP contribution >= 0.6 is 12.8 Å². The molecule has 1 N–H and O–H groups in total. The third-order valence-corrected chi connectivity index (χ3v) is 2.95. The lowest BCUT2D eigenvalue weighted by Gasteiger charge is -2.27. The third kappa shape index (κ3) is 5.26. The normalized spacial score (nSPS) is 25.7. The quantitative estimate of drug-likeness (QED) is 0.740. The Bertz CT molecular complexity index is 211. The highest BCUT2D eigenvalue weighted by molar-refractivity contribution is 7.78. The lowest BCUT2D eigenvalue weighted by atomic mass is 10.0. The highest BCUT2D eigenvalue weighted by atomic mass is 32.1. The highest BCUT2D eigenvalue weighted by Crippen LogP contribution is 2.36. The molecule has 2 nitrogen and oxygen atoms in total. The van der Waals surface area contributed by atoms with Crippen molar-refractivity contribution in [2.45, 2.75) is 58.6 Å². The first kappa shape index (κ1) is 13.9. The predicted octanol–water partition coefficient (Wildman–Crippen LogP) is 3.55. The average Bonchev–Trinajstić information content (AvgIpc) is 3.04. The SMILES string of the molecule is CC(C)C.SNC(C1CC1)C1CCC=CO1. The van der Waals surface area contributed by atoms with Crippen LogP contribution in [0.1, 0.15) is 46.5 Å². The minimum atomic E-state index is 0.347. The molecule has 16 heavy (non-hydrogen) atoms. The van der Waals surface area contributed by atoms with Gasteiger partial charge in [-0.3, -0.25) is 4.72 Å². The standard InChI is InChI=1S/C9H15NOS.C4H10/c12-10-9(7-4-5-7)8-3-1-2-6-11-8;1-4(2)3/h2,6-10,12H,1,3-5H2;4H,1-3H3. The van der Waals surface area contributed by atoms with Gasteiger partial charge in [0.1, 0.15) is 6.10 Å². The zero-order valence-corrected chi connectivity index (χ0v) is 11.5. The lowest BCUT2D eigenvalue weighted by molar-refractivity contribution is 0.0874. The molecule has 0 saturated heterocycles. The summed E-state index contributed by atoms with van der Waals surface area (Å²) in [6.07, 6.45) is 9.20. The zero-order valence-electron chi connectivity index (χ0n) is 10.6. The molecule has 0 spiro atoms. The Morgan fingerprint density at radius 3 is 2.25 bits per heavy atom. The van der Waals surface area contributed by atoms with Crippen LogP contribution < -0.4 is 4.72 Å². The molecule has 3 heteroatoms. The van der Waals surface area contributed by atoms with E-state index in [4.69, 9.17) is 4.74 Å². The minimum Gasteiger partial charge on any atom is -0.497 e. The van der Waals surface area contributed by atoms with Crippen LogP contribution in [0.15, 0.2) is 12.3 Å². The van der Waals surface area contributed by atoms with Gasteiger partial charge in [-0.25, -0.2) is 0 Å². The maximum atomic E-state index is 5.54. The molecular formula is C13H25NOS. The predicted molar refractivity (Wildman–Crippen MR) is 72.4 cm³/mol. The van der Waals surface area contributed by atoms with Crippen molar-refractivity contribution >= 4 is 12.8 Å². The molecule has 2 rings (SSSR count). The maximum absolute atomic E-state index is 5.54. The summed E-state index contributed by atoms with van der Waals surface area (Å²) in [5.41, 5.74) is 0. The van der Waals surface area contributed by atoms with Crippen LogP contribution in [0.2, 0.25) is 0 Å². The molecule has 0 aromatic heterocycles. The number of ether oxygens (including phenoxy) is 1. The smallest absolute Gasteiger partial charge is 0.114 e. The molecular weight excluding hydrogens is 218 g/mol. The van der Waals surface area contributed by atoms with Crippen molar-refractivity contribution in [1.29, 1.82) is 0 Å². The van der Waals surface area contributed by atoms with Crippen molar-refractivity contribution in [3.05, 3.63) is 12.3 Å². The van der Waals surface area contributed by atoms with E-state index in [0.717, 1.165) is 24.7 Å². The molecule has 0 amide bonds. The summed E-state index contributed by atoms with van der Waals surface area (Å²) < 4.78 is 8.61. The van der Waals surface area contributed by atoms with Gasteiger partial charge in [-0.15, -0.1) is 0 Å². The molecule has 0 aromatic carbocycles. The van der Waals surface area contributed by atoms with Gasteiger partial charge in [-0.05, 0) is 43.6 Å². The second-order valence-electron chi connectivity index (χ2n) is 5.35. The van der Waals surface area contributed by atoms with Crippen molar-refractivity contribution in [2.75, 3.05) is 0 Å². The number of thiol groups is 1. The Morgan fingerprint density at radius 2 is 1.88 bits per heavy atom. The van der Waals surface area contributed by atoms with E-state index in [1.54, 1.807) is 0 Å². The van der Waals surface area contributed by atoms with Crippen LogP contribution in [-0.4, -0.2) is 12.1 Å². The maximum Gasteiger partial charge on any atom is 0.114 e. The number of hydrogen-bond acceptors (Lipinski definition) is 3. The van der Waals surface area contributed by atoms with E-state index in [0.29, 0.717) is 12.1 Å². The van der Waals surface area contributed by atoms with Gasteiger partial charge in [0.05, 0.1) is 12.3 Å². The summed E-state index contributed by atoms with van der Waals surface area (Å²) in [4.78, 5) is 0. The Morgan fingerprint density at radius 1 is 1.25 bits per heavy atom. The van der Waals surface area contributed by atoms with Gasteiger partial charge >= 0.3 is 0 Å². The molecule has 2 atom stereocenters. The largest absolute Gasteiger partial charge is 0.497 e. The summed E-state index contributed by atoms with van der Waals surface area (Å²) in [5.74, 6) is 1.64. The van der Waals surface area contributed by atoms with Gasteiger partial charge in [0.2, 0.25) is 0 Å². The van der Waals surface area contributed by atoms with E-state index in [-0.39, 0.29) is 0 Å². The van der Waals surface area contributed by atoms with Gasteiger partial charge in [0.15, 0.2) is 0 Å². The summed E-state index contributed by atoms with van der Waals surface area (Å²) in [6, 6.07) is 0.457. The van der Waals surface area contributed by atoms with Gasteiger partial charge in [0, 0.05) is 0 Å². The van der Waals surface area contributed by atoms with Crippen molar-refractivity contribution in [2.24, 2.45) is 11.8 Å². The number of rotatable bonds is 3. The Labute approximate surface area is 105 Å². The fraction of sp³-hybridized carbons (Fsp3) is 0.846. The monoisotopic (exact) mass is 243 g/mol. The van der Waals surface area contributed by atoms with Crippen LogP contribution in [0.25, 0.3) is 0 Å². The number of hydrogen-bond donors (Lipinski definition) is 2. The molecule has 0 bridgehead atoms. The van der Waals surface area contributed by atoms with Crippen LogP contribution in [0.5, 0.6) is 0 Å². The fourth-order valence-corrected chi connectivity index (χ4v) is 2.14. The molecule has 0 radical (unpaired) electrons. The van der Waals surface area contributed by atoms with E-state index in [1.807, 2.05) is 6.26 Å². The molecule has 2 aliphatic rings. The van der Waals surface area contributed by atoms with Crippen molar-refractivity contribution in [3.63, 3.8) is 0 Å². The third-order valence-electron chi connectivity index (χ3n) is 2.65. The first-order chi connectivity index (χ1) is 7.65. The summed E-state index contributed by atoms with van der Waals surface area (Å²) in [6.45, 7) is 6.50. The van der Waals surface area contributed by atoms with Gasteiger partial charge in [-0.1, -0.05) is 33.6 Å². The van der Waals surface area contributed by atoms with Gasteiger partial charge in [0.25, 0.3) is 0 Å². The second-order valence-corrected chi connectivity index (χ2v) is 5.61. The minimum absolute atomic E-state index is 0.347. The Balaban J connectivity index is 0.000000280. The molecule has 1 aliphatic carbocycles. The van der Waals surface area contributed by atoms with E-state index in [2.05, 4.69) is 44.4 Å². The number of nitrogens with one attached hydrogen (secondary N) is 1. The van der Waals surface area contributed by atoms with Crippen LogP contribution in [0.3, 0.4) is 0 Å². The zero-order chi connectivity index (χ0) is 12.0. The first-order valence-corrected chi connectivity index (χ1v) is 6.80. The number of allylic oxidation sites excluding steroid dienone is 1. The van der Waals surface area contributed by atoms with Crippen molar-refractivity contribution in [3.8, 4) is 0 Å². The van der Waals surface area contributed by atoms with Gasteiger partial charge < -0.3 is 4.74 Å². The summed E-state index contributed by atoms with van der Waals surface area (Å²) in [5, 5.41) is 0. The molecule has 94 valence electrons. The van der Waals surface area contributed by atoms with E-state index in [1.165, 1.54) is 12.8 Å². The van der Waals surface area contributed by atoms with Gasteiger partial charge in [-0.2, -0.15) is 0 Å². The van der Waals surface area contributed by atoms with Crippen LogP contribution in [0.4, 0.5) is 0 Å². The van der Waals surface area contributed by atoms with E-state index < -0.39 is 0 Å². The van der Waals surface area contributed by atoms with Crippen molar-refractivity contribution < 1.29 is 4.74 Å². The Hall–Kier alpha value is -0.150. The molecule has 0 aromatic rings. The molecule has 2 unspecified atom stereocenters. The average molecular weight is 243 g/mol. The Kier molecular flexibility index (Phi) is 6.29. The molecule has 1 fully saturated rings. The van der Waals surface area contributed by atoms with E-state index >= 15 is 0 Å². The molecule has 1 aliphatic heterocycles. The summed E-state index contributed by atoms with van der Waals surface area (Å²) >= 11 is 4.15. The fourth-order valence-electron chi connectivity index (χ4n) is 1.76. The second kappa shape index (κ2) is 7.23. The molecule has 1 heterocycles. The van der Waals surface area contributed by atoms with E-state index in [9.17, 15) is 0 Å². The van der Waals surface area contributed by atoms with Crippen LogP contribution in [0, 0.1) is 11.8 Å². The molecule has 1 saturated carbocycles. The topological polar surface area (TPSA) is 21.3 Å². The highest BCUT2D eigenvalue weighted by Gasteiger charge is 2.36. The lowest BCUT2D eigenvalue weighted by Crippen LogP contribution is -2.38. The van der Waals surface area contributed by atoms with Crippen molar-refractivity contribution in [1.82, 2.24) is 4.72 Å². The first-order valence-electron chi connectivity index (χ1n) is 6.35. The summed E-state index contributed by atoms with van der Waals surface area (Å²) in [7, 11) is 0. The van der Waals surface area contributed by atoms with Crippen LogP contribution in [-0.2, 0) is 4.74 Å².